The Bertz CT molecular complexity index is 1390. The molecule has 0 radical (unpaired) electrons. The minimum absolute atomic E-state index is 0.0554. The van der Waals surface area contributed by atoms with Gasteiger partial charge in [-0.05, 0) is 54.1 Å². The van der Waals surface area contributed by atoms with Crippen LogP contribution in [0.1, 0.15) is 5.56 Å². The van der Waals surface area contributed by atoms with Crippen molar-refractivity contribution in [3.05, 3.63) is 96.7 Å². The molecule has 4 aromatic rings. The molecule has 206 valence electrons. The Balaban J connectivity index is 1.12. The molecular formula is C32H36N6O2. The van der Waals surface area contributed by atoms with Crippen LogP contribution in [0.4, 0.5) is 11.4 Å². The lowest BCUT2D eigenvalue weighted by Crippen LogP contribution is -2.49. The third-order valence-corrected chi connectivity index (χ3v) is 7.61. The Hall–Kier alpha value is -4.14. The van der Waals surface area contributed by atoms with Crippen LogP contribution in [0.15, 0.2) is 91.1 Å². The standard InChI is InChI=1S/C32H36N6O2/c39-32(25-35-13-15-36(16-14-35)28-7-3-1-4-8-28)33-24-26-21-27(23-30(22-26)37-17-19-40-20-18-37)31-11-12-38(34-31)29-9-5-2-6-10-29/h1-12,21-23H,13-20,24-25H2,(H,33,39). The second-order valence-corrected chi connectivity index (χ2v) is 10.3. The summed E-state index contributed by atoms with van der Waals surface area (Å²) in [6.45, 7) is 7.65. The Morgan fingerprint density at radius 1 is 0.750 bits per heavy atom. The van der Waals surface area contributed by atoms with Crippen LogP contribution in [-0.4, -0.2) is 79.6 Å². The zero-order valence-corrected chi connectivity index (χ0v) is 22.8. The molecule has 0 bridgehead atoms. The summed E-state index contributed by atoms with van der Waals surface area (Å²) in [5, 5.41) is 8.02. The summed E-state index contributed by atoms with van der Waals surface area (Å²) < 4.78 is 7.48. The first-order valence-electron chi connectivity index (χ1n) is 14.1. The number of amides is 1. The molecule has 0 saturated carbocycles. The number of nitrogens with zero attached hydrogens (tertiary/aromatic N) is 5. The van der Waals surface area contributed by atoms with Crippen molar-refractivity contribution in [2.75, 3.05) is 68.8 Å². The highest BCUT2D eigenvalue weighted by atomic mass is 16.5. The highest BCUT2D eigenvalue weighted by Gasteiger charge is 2.20. The lowest BCUT2D eigenvalue weighted by molar-refractivity contribution is -0.122. The lowest BCUT2D eigenvalue weighted by Gasteiger charge is -2.35. The van der Waals surface area contributed by atoms with E-state index in [-0.39, 0.29) is 5.91 Å². The van der Waals surface area contributed by atoms with Gasteiger partial charge in [0.25, 0.3) is 0 Å². The average molecular weight is 537 g/mol. The molecule has 2 saturated heterocycles. The van der Waals surface area contributed by atoms with Gasteiger partial charge in [-0.2, -0.15) is 5.10 Å². The Labute approximate surface area is 235 Å². The summed E-state index contributed by atoms with van der Waals surface area (Å²) in [7, 11) is 0. The summed E-state index contributed by atoms with van der Waals surface area (Å²) in [5.41, 5.74) is 6.42. The summed E-state index contributed by atoms with van der Waals surface area (Å²) in [5.74, 6) is 0.0554. The number of nitrogens with one attached hydrogen (secondary N) is 1. The molecule has 6 rings (SSSR count). The maximum Gasteiger partial charge on any atom is 0.234 e. The average Bonchev–Trinajstić information content (AvgIpc) is 3.52. The van der Waals surface area contributed by atoms with Crippen molar-refractivity contribution in [1.82, 2.24) is 20.0 Å². The summed E-state index contributed by atoms with van der Waals surface area (Å²) in [4.78, 5) is 19.9. The molecule has 8 heteroatoms. The van der Waals surface area contributed by atoms with Gasteiger partial charge in [-0.1, -0.05) is 36.4 Å². The molecule has 8 nitrogen and oxygen atoms in total. The fraction of sp³-hybridized carbons (Fsp3) is 0.312. The first kappa shape index (κ1) is 26.1. The quantitative estimate of drug-likeness (QED) is 0.370. The van der Waals surface area contributed by atoms with Crippen LogP contribution in [0.5, 0.6) is 0 Å². The predicted molar refractivity (Wildman–Crippen MR) is 159 cm³/mol. The van der Waals surface area contributed by atoms with Gasteiger partial charge in [-0.15, -0.1) is 0 Å². The van der Waals surface area contributed by atoms with Gasteiger partial charge in [0.05, 0.1) is 31.1 Å². The van der Waals surface area contributed by atoms with Gasteiger partial charge in [0.2, 0.25) is 5.91 Å². The number of piperazine rings is 1. The molecule has 2 fully saturated rings. The van der Waals surface area contributed by atoms with E-state index in [9.17, 15) is 4.79 Å². The summed E-state index contributed by atoms with van der Waals surface area (Å²) >= 11 is 0. The number of para-hydroxylation sites is 2. The Morgan fingerprint density at radius 2 is 1.43 bits per heavy atom. The van der Waals surface area contributed by atoms with Crippen LogP contribution < -0.4 is 15.1 Å². The zero-order chi connectivity index (χ0) is 27.1. The lowest BCUT2D eigenvalue weighted by atomic mass is 10.1. The molecule has 3 heterocycles. The van der Waals surface area contributed by atoms with Crippen molar-refractivity contribution in [1.29, 1.82) is 0 Å². The number of hydrogen-bond acceptors (Lipinski definition) is 6. The van der Waals surface area contributed by atoms with Crippen LogP contribution in [0.25, 0.3) is 16.9 Å². The first-order valence-corrected chi connectivity index (χ1v) is 14.1. The molecule has 1 N–H and O–H groups in total. The number of morpholine rings is 1. The first-order chi connectivity index (χ1) is 19.7. The van der Waals surface area contributed by atoms with E-state index in [1.807, 2.05) is 53.3 Å². The second-order valence-electron chi connectivity index (χ2n) is 10.3. The Morgan fingerprint density at radius 3 is 2.15 bits per heavy atom. The molecule has 40 heavy (non-hydrogen) atoms. The van der Waals surface area contributed by atoms with Crippen LogP contribution in [0, 0.1) is 0 Å². The molecule has 2 aliphatic heterocycles. The molecule has 0 spiro atoms. The van der Waals surface area contributed by atoms with E-state index >= 15 is 0 Å². The van der Waals surface area contributed by atoms with Gasteiger partial charge in [0, 0.05) is 68.9 Å². The number of carbonyl (C=O) groups excluding carboxylic acids is 1. The minimum atomic E-state index is 0.0554. The monoisotopic (exact) mass is 536 g/mol. The van der Waals surface area contributed by atoms with Gasteiger partial charge in [-0.3, -0.25) is 9.69 Å². The van der Waals surface area contributed by atoms with E-state index in [2.05, 4.69) is 62.5 Å². The minimum Gasteiger partial charge on any atom is -0.378 e. The third kappa shape index (κ3) is 6.35. The molecule has 0 aliphatic carbocycles. The van der Waals surface area contributed by atoms with Gasteiger partial charge in [0.1, 0.15) is 0 Å². The van der Waals surface area contributed by atoms with Crippen molar-refractivity contribution in [3.63, 3.8) is 0 Å². The fourth-order valence-corrected chi connectivity index (χ4v) is 5.39. The molecule has 2 aliphatic rings. The summed E-state index contributed by atoms with van der Waals surface area (Å²) in [6.07, 6.45) is 1.99. The number of ether oxygens (including phenoxy) is 1. The van der Waals surface area contributed by atoms with Crippen LogP contribution in [0.2, 0.25) is 0 Å². The highest BCUT2D eigenvalue weighted by Crippen LogP contribution is 2.27. The Kier molecular flexibility index (Phi) is 8.07. The number of carbonyl (C=O) groups is 1. The number of anilines is 2. The predicted octanol–water partition coefficient (Wildman–Crippen LogP) is 3.81. The van der Waals surface area contributed by atoms with Gasteiger partial charge in [-0.25, -0.2) is 4.68 Å². The number of rotatable bonds is 8. The maximum atomic E-state index is 12.9. The number of hydrogen-bond donors (Lipinski definition) is 1. The molecule has 3 aromatic carbocycles. The molecule has 1 amide bonds. The van der Waals surface area contributed by atoms with Gasteiger partial charge < -0.3 is 19.9 Å². The van der Waals surface area contributed by atoms with Gasteiger partial charge in [0.15, 0.2) is 0 Å². The highest BCUT2D eigenvalue weighted by molar-refractivity contribution is 5.78. The molecular weight excluding hydrogens is 500 g/mol. The number of benzene rings is 3. The van der Waals surface area contributed by atoms with Crippen molar-refractivity contribution >= 4 is 17.3 Å². The van der Waals surface area contributed by atoms with Crippen molar-refractivity contribution in [3.8, 4) is 16.9 Å². The summed E-state index contributed by atoms with van der Waals surface area (Å²) in [6, 6.07) is 29.2. The van der Waals surface area contributed by atoms with E-state index in [1.54, 1.807) is 0 Å². The molecule has 1 aromatic heterocycles. The number of aromatic nitrogens is 2. The smallest absolute Gasteiger partial charge is 0.234 e. The van der Waals surface area contributed by atoms with E-state index in [4.69, 9.17) is 9.84 Å². The molecule has 0 unspecified atom stereocenters. The fourth-order valence-electron chi connectivity index (χ4n) is 5.39. The van der Waals surface area contributed by atoms with Crippen molar-refractivity contribution < 1.29 is 9.53 Å². The maximum absolute atomic E-state index is 12.9. The normalized spacial score (nSPS) is 16.2. The topological polar surface area (TPSA) is 65.9 Å². The van der Waals surface area contributed by atoms with E-state index in [1.165, 1.54) is 5.69 Å². The SMILES string of the molecule is O=C(CN1CCN(c2ccccc2)CC1)NCc1cc(-c2ccn(-c3ccccc3)n2)cc(N2CCOCC2)c1. The van der Waals surface area contributed by atoms with E-state index in [0.29, 0.717) is 13.1 Å². The van der Waals surface area contributed by atoms with Crippen LogP contribution in [0.3, 0.4) is 0 Å². The van der Waals surface area contributed by atoms with Crippen molar-refractivity contribution in [2.45, 2.75) is 6.54 Å². The van der Waals surface area contributed by atoms with E-state index in [0.717, 1.165) is 80.7 Å². The molecule has 0 atom stereocenters. The van der Waals surface area contributed by atoms with Crippen molar-refractivity contribution in [2.24, 2.45) is 0 Å². The van der Waals surface area contributed by atoms with Crippen LogP contribution >= 0.6 is 0 Å². The van der Waals surface area contributed by atoms with Gasteiger partial charge >= 0.3 is 0 Å². The van der Waals surface area contributed by atoms with Crippen LogP contribution in [-0.2, 0) is 16.1 Å². The largest absolute Gasteiger partial charge is 0.378 e. The van der Waals surface area contributed by atoms with E-state index < -0.39 is 0 Å². The third-order valence-electron chi connectivity index (χ3n) is 7.61. The zero-order valence-electron chi connectivity index (χ0n) is 22.8. The second kappa shape index (κ2) is 12.4.